The minimum absolute atomic E-state index is 0.0514. The fraction of sp³-hybridized carbons (Fsp3) is 0.583. The molecule has 106 valence electrons. The fourth-order valence-electron chi connectivity index (χ4n) is 2.41. The maximum Gasteiger partial charge on any atom is 0.244 e. The van der Waals surface area contributed by atoms with Gasteiger partial charge in [0, 0.05) is 32.6 Å². The van der Waals surface area contributed by atoms with Gasteiger partial charge in [0.15, 0.2) is 0 Å². The van der Waals surface area contributed by atoms with Gasteiger partial charge in [0.05, 0.1) is 11.8 Å². The Morgan fingerprint density at radius 2 is 2.21 bits per heavy atom. The van der Waals surface area contributed by atoms with Gasteiger partial charge in [-0.2, -0.15) is 0 Å². The number of anilines is 1. The van der Waals surface area contributed by atoms with E-state index in [1.165, 1.54) is 6.20 Å². The van der Waals surface area contributed by atoms with E-state index in [-0.39, 0.29) is 17.0 Å². The van der Waals surface area contributed by atoms with Crippen molar-refractivity contribution in [2.75, 3.05) is 19.5 Å². The predicted octanol–water partition coefficient (Wildman–Crippen LogP) is 0.969. The van der Waals surface area contributed by atoms with Gasteiger partial charge in [-0.3, -0.25) is 4.98 Å². The Hall–Kier alpha value is -1.18. The number of hydrogen-bond donors (Lipinski definition) is 2. The topological polar surface area (TPSA) is 80.3 Å². The van der Waals surface area contributed by atoms with Gasteiger partial charge >= 0.3 is 0 Å². The number of ether oxygens (including phenoxy) is 1. The van der Waals surface area contributed by atoms with Crippen LogP contribution in [0.25, 0.3) is 0 Å². The summed E-state index contributed by atoms with van der Waals surface area (Å²) in [6.07, 6.45) is 5.51. The third-order valence-corrected chi connectivity index (χ3v) is 4.92. The average molecular weight is 285 g/mol. The molecule has 0 aromatic carbocycles. The number of aromatic nitrogens is 1. The molecule has 6 nitrogen and oxygen atoms in total. The molecule has 1 fully saturated rings. The number of methoxy groups -OCH3 is 1. The van der Waals surface area contributed by atoms with E-state index in [9.17, 15) is 8.42 Å². The molecule has 19 heavy (non-hydrogen) atoms. The van der Waals surface area contributed by atoms with Crippen molar-refractivity contribution in [1.82, 2.24) is 9.71 Å². The molecule has 2 rings (SSSR count). The molecule has 0 aliphatic heterocycles. The smallest absolute Gasteiger partial charge is 0.244 e. The number of nitrogens with one attached hydrogen (secondary N) is 2. The molecule has 0 saturated heterocycles. The van der Waals surface area contributed by atoms with Crippen LogP contribution in [-0.4, -0.2) is 39.7 Å². The van der Waals surface area contributed by atoms with Crippen LogP contribution in [0.15, 0.2) is 23.4 Å². The van der Waals surface area contributed by atoms with Crippen LogP contribution in [0.3, 0.4) is 0 Å². The summed E-state index contributed by atoms with van der Waals surface area (Å²) in [6, 6.07) is 1.47. The molecule has 1 aromatic heterocycles. The lowest BCUT2D eigenvalue weighted by molar-refractivity contribution is 0.0916. The van der Waals surface area contributed by atoms with Crippen molar-refractivity contribution >= 4 is 15.7 Å². The number of sulfonamides is 1. The van der Waals surface area contributed by atoms with Gasteiger partial charge in [0.2, 0.25) is 10.0 Å². The summed E-state index contributed by atoms with van der Waals surface area (Å²) >= 11 is 0. The average Bonchev–Trinajstić information content (AvgIpc) is 2.85. The van der Waals surface area contributed by atoms with Crippen molar-refractivity contribution in [2.45, 2.75) is 36.3 Å². The van der Waals surface area contributed by atoms with Crippen molar-refractivity contribution in [2.24, 2.45) is 0 Å². The van der Waals surface area contributed by atoms with Crippen LogP contribution in [-0.2, 0) is 14.8 Å². The van der Waals surface area contributed by atoms with Crippen molar-refractivity contribution in [3.8, 4) is 0 Å². The minimum Gasteiger partial charge on any atom is -0.387 e. The number of pyridine rings is 1. The first-order chi connectivity index (χ1) is 9.08. The molecular weight excluding hydrogens is 266 g/mol. The van der Waals surface area contributed by atoms with Crippen LogP contribution in [0.2, 0.25) is 0 Å². The molecule has 0 spiro atoms. The van der Waals surface area contributed by atoms with Crippen LogP contribution < -0.4 is 10.0 Å². The monoisotopic (exact) mass is 285 g/mol. The third kappa shape index (κ3) is 3.05. The zero-order chi connectivity index (χ0) is 13.9. The Labute approximate surface area is 113 Å². The second-order valence-corrected chi connectivity index (χ2v) is 6.24. The second kappa shape index (κ2) is 5.85. The lowest BCUT2D eigenvalue weighted by Crippen LogP contribution is -2.40. The Bertz CT molecular complexity index is 533. The second-order valence-electron chi connectivity index (χ2n) is 4.55. The third-order valence-electron chi connectivity index (χ3n) is 3.41. The first-order valence-corrected chi connectivity index (χ1v) is 7.73. The van der Waals surface area contributed by atoms with E-state index in [0.29, 0.717) is 5.69 Å². The highest BCUT2D eigenvalue weighted by molar-refractivity contribution is 7.89. The summed E-state index contributed by atoms with van der Waals surface area (Å²) in [5, 5.41) is 2.86. The van der Waals surface area contributed by atoms with Crippen LogP contribution in [0.1, 0.15) is 19.3 Å². The standard InChI is InChI=1S/C12H19N3O3S/c1-13-10-6-7-14-8-12(10)19(16,17)15-9-4-3-5-11(9)18-2/h6-9,11,15H,3-5H2,1-2H3,(H,13,14). The molecule has 1 aliphatic carbocycles. The summed E-state index contributed by atoms with van der Waals surface area (Å²) in [5.74, 6) is 0. The fourth-order valence-corrected chi connectivity index (χ4v) is 3.86. The molecule has 1 saturated carbocycles. The van der Waals surface area contributed by atoms with Crippen LogP contribution in [0, 0.1) is 0 Å². The van der Waals surface area contributed by atoms with Gasteiger partial charge in [-0.15, -0.1) is 0 Å². The summed E-state index contributed by atoms with van der Waals surface area (Å²) in [4.78, 5) is 4.05. The van der Waals surface area contributed by atoms with Crippen molar-refractivity contribution in [1.29, 1.82) is 0 Å². The summed E-state index contributed by atoms with van der Waals surface area (Å²) < 4.78 is 32.8. The van der Waals surface area contributed by atoms with E-state index in [2.05, 4.69) is 15.0 Å². The first-order valence-electron chi connectivity index (χ1n) is 6.25. The molecule has 7 heteroatoms. The Morgan fingerprint density at radius 1 is 1.42 bits per heavy atom. The molecule has 2 N–H and O–H groups in total. The van der Waals surface area contributed by atoms with E-state index in [0.717, 1.165) is 19.3 Å². The van der Waals surface area contributed by atoms with Gasteiger partial charge in [-0.05, 0) is 25.3 Å². The highest BCUT2D eigenvalue weighted by Crippen LogP contribution is 2.25. The summed E-state index contributed by atoms with van der Waals surface area (Å²) in [5.41, 5.74) is 0.537. The lowest BCUT2D eigenvalue weighted by Gasteiger charge is -2.20. The van der Waals surface area contributed by atoms with Gasteiger partial charge in [0.25, 0.3) is 0 Å². The zero-order valence-electron chi connectivity index (χ0n) is 11.1. The molecule has 1 heterocycles. The molecule has 0 radical (unpaired) electrons. The normalized spacial score (nSPS) is 23.5. The minimum atomic E-state index is -3.58. The quantitative estimate of drug-likeness (QED) is 0.842. The number of hydrogen-bond acceptors (Lipinski definition) is 5. The lowest BCUT2D eigenvalue weighted by atomic mass is 10.2. The SMILES string of the molecule is CNc1ccncc1S(=O)(=O)NC1CCCC1OC. The Morgan fingerprint density at radius 3 is 2.89 bits per heavy atom. The number of rotatable bonds is 5. The van der Waals surface area contributed by atoms with E-state index in [1.54, 1.807) is 26.4 Å². The van der Waals surface area contributed by atoms with Crippen molar-refractivity contribution < 1.29 is 13.2 Å². The first kappa shape index (κ1) is 14.2. The van der Waals surface area contributed by atoms with E-state index in [4.69, 9.17) is 4.74 Å². The molecule has 0 bridgehead atoms. The maximum absolute atomic E-state index is 12.4. The Balaban J connectivity index is 2.23. The van der Waals surface area contributed by atoms with Gasteiger partial charge in [-0.25, -0.2) is 13.1 Å². The Kier molecular flexibility index (Phi) is 4.38. The molecule has 1 aromatic rings. The van der Waals surface area contributed by atoms with Gasteiger partial charge in [-0.1, -0.05) is 0 Å². The molecule has 1 aliphatic rings. The van der Waals surface area contributed by atoms with Crippen LogP contribution >= 0.6 is 0 Å². The molecule has 0 amide bonds. The highest BCUT2D eigenvalue weighted by atomic mass is 32.2. The van der Waals surface area contributed by atoms with Crippen molar-refractivity contribution in [3.05, 3.63) is 18.5 Å². The molecular formula is C12H19N3O3S. The van der Waals surface area contributed by atoms with E-state index in [1.807, 2.05) is 0 Å². The van der Waals surface area contributed by atoms with Gasteiger partial charge in [0.1, 0.15) is 4.90 Å². The summed E-state index contributed by atoms with van der Waals surface area (Å²) in [7, 11) is -0.291. The predicted molar refractivity (Wildman–Crippen MR) is 72.5 cm³/mol. The summed E-state index contributed by atoms with van der Waals surface area (Å²) in [6.45, 7) is 0. The zero-order valence-corrected chi connectivity index (χ0v) is 11.9. The highest BCUT2D eigenvalue weighted by Gasteiger charge is 2.32. The van der Waals surface area contributed by atoms with Gasteiger partial charge < -0.3 is 10.1 Å². The van der Waals surface area contributed by atoms with Crippen LogP contribution in [0.4, 0.5) is 5.69 Å². The number of nitrogens with zero attached hydrogens (tertiary/aromatic N) is 1. The van der Waals surface area contributed by atoms with Crippen LogP contribution in [0.5, 0.6) is 0 Å². The van der Waals surface area contributed by atoms with E-state index >= 15 is 0 Å². The van der Waals surface area contributed by atoms with Crippen molar-refractivity contribution in [3.63, 3.8) is 0 Å². The molecule has 2 atom stereocenters. The van der Waals surface area contributed by atoms with E-state index < -0.39 is 10.0 Å². The maximum atomic E-state index is 12.4. The molecule has 2 unspecified atom stereocenters. The largest absolute Gasteiger partial charge is 0.387 e.